The topological polar surface area (TPSA) is 80.7 Å². The lowest BCUT2D eigenvalue weighted by molar-refractivity contribution is -0.164. The van der Waals surface area contributed by atoms with E-state index < -0.39 is 21.3 Å². The van der Waals surface area contributed by atoms with Crippen LogP contribution in [0.2, 0.25) is 0 Å². The molecule has 118 valence electrons. The second kappa shape index (κ2) is 5.93. The van der Waals surface area contributed by atoms with Crippen molar-refractivity contribution < 1.29 is 31.3 Å². The quantitative estimate of drug-likeness (QED) is 0.636. The number of carbonyl (C=O) groups is 1. The fourth-order valence-corrected chi connectivity index (χ4v) is 2.83. The summed E-state index contributed by atoms with van der Waals surface area (Å²) in [5, 5.41) is -4.91. The summed E-state index contributed by atoms with van der Waals surface area (Å²) >= 11 is 0. The summed E-state index contributed by atoms with van der Waals surface area (Å²) in [6.45, 7) is 5.86. The molecule has 0 bridgehead atoms. The van der Waals surface area contributed by atoms with E-state index in [9.17, 15) is 22.0 Å². The number of rotatable bonds is 4. The van der Waals surface area contributed by atoms with E-state index in [1.165, 1.54) is 0 Å². The van der Waals surface area contributed by atoms with Gasteiger partial charge in [0.05, 0.1) is 6.61 Å². The van der Waals surface area contributed by atoms with Crippen LogP contribution >= 0.6 is 0 Å². The Balaban J connectivity index is 2.62. The van der Waals surface area contributed by atoms with Crippen molar-refractivity contribution in [2.45, 2.75) is 38.9 Å². The van der Waals surface area contributed by atoms with E-state index in [1.807, 2.05) is 6.92 Å². The van der Waals surface area contributed by atoms with Gasteiger partial charge in [0.2, 0.25) is 0 Å². The standard InChI is InChI=1S/C12H20F2O5S/c1-7-4-5-10(9(3)8(7)2)6-19-11(15)12(13,14)20(16,17)18/h7-10H,4-6H2,1-3H3,(H,16,17,18). The molecule has 1 saturated carbocycles. The third kappa shape index (κ3) is 3.46. The van der Waals surface area contributed by atoms with E-state index in [-0.39, 0.29) is 18.4 Å². The van der Waals surface area contributed by atoms with Gasteiger partial charge in [0.1, 0.15) is 0 Å². The van der Waals surface area contributed by atoms with Gasteiger partial charge in [-0.2, -0.15) is 17.2 Å². The van der Waals surface area contributed by atoms with E-state index in [1.54, 1.807) is 0 Å². The van der Waals surface area contributed by atoms with Gasteiger partial charge in [-0.25, -0.2) is 4.79 Å². The van der Waals surface area contributed by atoms with Crippen molar-refractivity contribution in [2.75, 3.05) is 6.61 Å². The predicted octanol–water partition coefficient (Wildman–Crippen LogP) is 2.33. The molecule has 0 aliphatic heterocycles. The molecule has 1 aliphatic rings. The minimum Gasteiger partial charge on any atom is -0.460 e. The first kappa shape index (κ1) is 17.3. The summed E-state index contributed by atoms with van der Waals surface area (Å²) < 4.78 is 59.5. The molecule has 1 rings (SSSR count). The number of halogens is 2. The maximum absolute atomic E-state index is 13.0. The number of alkyl halides is 2. The third-order valence-corrected chi connectivity index (χ3v) is 5.27. The zero-order chi connectivity index (χ0) is 15.7. The van der Waals surface area contributed by atoms with Crippen LogP contribution < -0.4 is 0 Å². The second-order valence-corrected chi connectivity index (χ2v) is 7.09. The van der Waals surface area contributed by atoms with Crippen molar-refractivity contribution in [3.63, 3.8) is 0 Å². The monoisotopic (exact) mass is 314 g/mol. The van der Waals surface area contributed by atoms with Gasteiger partial charge >= 0.3 is 21.3 Å². The Bertz CT molecular complexity index is 462. The van der Waals surface area contributed by atoms with E-state index in [4.69, 9.17) is 4.55 Å². The highest BCUT2D eigenvalue weighted by molar-refractivity contribution is 7.87. The van der Waals surface area contributed by atoms with E-state index in [0.29, 0.717) is 11.8 Å². The number of esters is 1. The molecule has 20 heavy (non-hydrogen) atoms. The van der Waals surface area contributed by atoms with Crippen molar-refractivity contribution in [3.8, 4) is 0 Å². The molecular weight excluding hydrogens is 294 g/mol. The van der Waals surface area contributed by atoms with Crippen LogP contribution in [-0.2, 0) is 19.6 Å². The summed E-state index contributed by atoms with van der Waals surface area (Å²) in [5.74, 6) is -1.24. The van der Waals surface area contributed by atoms with Gasteiger partial charge in [0, 0.05) is 0 Å². The smallest absolute Gasteiger partial charge is 0.460 e. The zero-order valence-electron chi connectivity index (χ0n) is 11.7. The highest BCUT2D eigenvalue weighted by atomic mass is 32.2. The van der Waals surface area contributed by atoms with Crippen LogP contribution in [0.5, 0.6) is 0 Å². The lowest BCUT2D eigenvalue weighted by Gasteiger charge is -2.38. The van der Waals surface area contributed by atoms with Crippen LogP contribution in [-0.4, -0.2) is 30.8 Å². The first-order valence-corrected chi connectivity index (χ1v) is 7.94. The van der Waals surface area contributed by atoms with Gasteiger partial charge < -0.3 is 4.74 Å². The highest BCUT2D eigenvalue weighted by Gasteiger charge is 2.54. The molecule has 1 N–H and O–H groups in total. The molecule has 0 amide bonds. The lowest BCUT2D eigenvalue weighted by atomic mass is 9.69. The molecule has 5 nitrogen and oxygen atoms in total. The van der Waals surface area contributed by atoms with E-state index in [0.717, 1.165) is 12.8 Å². The average Bonchev–Trinajstić information content (AvgIpc) is 2.33. The molecule has 0 spiro atoms. The van der Waals surface area contributed by atoms with Gasteiger partial charge in [0.25, 0.3) is 0 Å². The van der Waals surface area contributed by atoms with Crippen LogP contribution in [0.3, 0.4) is 0 Å². The van der Waals surface area contributed by atoms with Gasteiger partial charge in [-0.05, 0) is 30.1 Å². The Kier molecular flexibility index (Phi) is 5.13. The Morgan fingerprint density at radius 3 is 2.30 bits per heavy atom. The van der Waals surface area contributed by atoms with E-state index >= 15 is 0 Å². The Hall–Kier alpha value is -0.760. The third-order valence-electron chi connectivity index (χ3n) is 4.45. The summed E-state index contributed by atoms with van der Waals surface area (Å²) in [6, 6.07) is 0. The van der Waals surface area contributed by atoms with Crippen molar-refractivity contribution >= 4 is 16.1 Å². The maximum Gasteiger partial charge on any atom is 0.465 e. The van der Waals surface area contributed by atoms with Crippen LogP contribution in [0.1, 0.15) is 33.6 Å². The zero-order valence-corrected chi connectivity index (χ0v) is 12.5. The van der Waals surface area contributed by atoms with Crippen molar-refractivity contribution in [1.29, 1.82) is 0 Å². The van der Waals surface area contributed by atoms with Gasteiger partial charge in [-0.1, -0.05) is 27.2 Å². The number of hydrogen-bond acceptors (Lipinski definition) is 4. The van der Waals surface area contributed by atoms with Gasteiger partial charge in [-0.3, -0.25) is 4.55 Å². The maximum atomic E-state index is 13.0. The molecule has 1 fully saturated rings. The van der Waals surface area contributed by atoms with Crippen LogP contribution in [0, 0.1) is 23.7 Å². The fraction of sp³-hybridized carbons (Fsp3) is 0.917. The number of ether oxygens (including phenoxy) is 1. The Morgan fingerprint density at radius 1 is 1.25 bits per heavy atom. The second-order valence-electron chi connectivity index (χ2n) is 5.62. The molecule has 0 aromatic carbocycles. The highest BCUT2D eigenvalue weighted by Crippen LogP contribution is 2.38. The average molecular weight is 314 g/mol. The number of carbonyl (C=O) groups excluding carboxylic acids is 1. The predicted molar refractivity (Wildman–Crippen MR) is 67.7 cm³/mol. The molecule has 8 heteroatoms. The molecule has 0 radical (unpaired) electrons. The summed E-state index contributed by atoms with van der Waals surface area (Å²) in [5.41, 5.74) is 0. The van der Waals surface area contributed by atoms with Crippen LogP contribution in [0.25, 0.3) is 0 Å². The Morgan fingerprint density at radius 2 is 1.80 bits per heavy atom. The molecule has 0 saturated heterocycles. The van der Waals surface area contributed by atoms with Crippen LogP contribution in [0.15, 0.2) is 0 Å². The number of hydrogen-bond donors (Lipinski definition) is 1. The molecule has 0 heterocycles. The molecule has 4 atom stereocenters. The summed E-state index contributed by atoms with van der Waals surface area (Å²) in [6.07, 6.45) is 1.64. The molecule has 0 aromatic heterocycles. The van der Waals surface area contributed by atoms with E-state index in [2.05, 4.69) is 18.6 Å². The van der Waals surface area contributed by atoms with Crippen LogP contribution in [0.4, 0.5) is 8.78 Å². The first-order valence-electron chi connectivity index (χ1n) is 6.50. The first-order chi connectivity index (χ1) is 8.98. The van der Waals surface area contributed by atoms with Crippen molar-refractivity contribution in [2.24, 2.45) is 23.7 Å². The minimum absolute atomic E-state index is 0.0812. The molecular formula is C12H20F2O5S. The summed E-state index contributed by atoms with van der Waals surface area (Å²) in [7, 11) is -5.80. The molecule has 1 aliphatic carbocycles. The molecule has 4 unspecified atom stereocenters. The Labute approximate surface area is 117 Å². The minimum atomic E-state index is -5.80. The fourth-order valence-electron chi connectivity index (χ4n) is 2.56. The summed E-state index contributed by atoms with van der Waals surface area (Å²) in [4.78, 5) is 11.1. The van der Waals surface area contributed by atoms with Crippen molar-refractivity contribution in [3.05, 3.63) is 0 Å². The van der Waals surface area contributed by atoms with Gasteiger partial charge in [-0.15, -0.1) is 0 Å². The van der Waals surface area contributed by atoms with Crippen molar-refractivity contribution in [1.82, 2.24) is 0 Å². The SMILES string of the molecule is CC1CCC(COC(=O)C(F)(F)S(=O)(=O)O)C(C)C1C. The largest absolute Gasteiger partial charge is 0.465 e. The lowest BCUT2D eigenvalue weighted by Crippen LogP contribution is -2.41. The van der Waals surface area contributed by atoms with Gasteiger partial charge in [0.15, 0.2) is 0 Å². The molecule has 0 aromatic rings. The normalized spacial score (nSPS) is 31.9.